The van der Waals surface area contributed by atoms with Crippen LogP contribution >= 0.6 is 0 Å². The summed E-state index contributed by atoms with van der Waals surface area (Å²) < 4.78 is 0. The number of nitrogens with two attached hydrogens (primary N) is 1. The first-order chi connectivity index (χ1) is 7.68. The van der Waals surface area contributed by atoms with Crippen molar-refractivity contribution >= 4 is 16.8 Å². The van der Waals surface area contributed by atoms with E-state index in [9.17, 15) is 5.11 Å². The van der Waals surface area contributed by atoms with Crippen molar-refractivity contribution in [1.29, 1.82) is 0 Å². The molecule has 0 radical (unpaired) electrons. The van der Waals surface area contributed by atoms with Gasteiger partial charge in [0.05, 0.1) is 0 Å². The molecule has 3 N–H and O–H groups in total. The second kappa shape index (κ2) is 4.37. The molecule has 0 aromatic heterocycles. The molecule has 0 heterocycles. The Kier molecular flexibility index (Phi) is 2.93. The zero-order valence-corrected chi connectivity index (χ0v) is 9.22. The van der Waals surface area contributed by atoms with Gasteiger partial charge in [0.25, 0.3) is 0 Å². The highest BCUT2D eigenvalue weighted by molar-refractivity contribution is 5.93. The average molecular weight is 213 g/mol. The van der Waals surface area contributed by atoms with Gasteiger partial charge < -0.3 is 10.8 Å². The van der Waals surface area contributed by atoms with Crippen LogP contribution in [0.1, 0.15) is 12.5 Å². The SMILES string of the molecule is CC(N)/C=C/c1c(O)ccc2ccccc12. The largest absolute Gasteiger partial charge is 0.507 e. The van der Waals surface area contributed by atoms with E-state index in [0.717, 1.165) is 16.3 Å². The quantitative estimate of drug-likeness (QED) is 0.805. The molecule has 2 nitrogen and oxygen atoms in total. The van der Waals surface area contributed by atoms with Crippen molar-refractivity contribution in [2.75, 3.05) is 0 Å². The van der Waals surface area contributed by atoms with Crippen LogP contribution in [0.25, 0.3) is 16.8 Å². The maximum absolute atomic E-state index is 9.83. The van der Waals surface area contributed by atoms with E-state index in [-0.39, 0.29) is 11.8 Å². The van der Waals surface area contributed by atoms with Crippen LogP contribution in [0.4, 0.5) is 0 Å². The lowest BCUT2D eigenvalue weighted by atomic mass is 10.0. The normalized spacial score (nSPS) is 13.4. The molecular formula is C14H15NO. The molecule has 0 amide bonds. The van der Waals surface area contributed by atoms with Crippen LogP contribution in [0.3, 0.4) is 0 Å². The maximum Gasteiger partial charge on any atom is 0.123 e. The Bertz CT molecular complexity index is 529. The van der Waals surface area contributed by atoms with E-state index in [1.807, 2.05) is 49.4 Å². The fourth-order valence-corrected chi connectivity index (χ4v) is 1.71. The maximum atomic E-state index is 9.83. The topological polar surface area (TPSA) is 46.2 Å². The molecule has 2 rings (SSSR count). The van der Waals surface area contributed by atoms with Crippen LogP contribution in [-0.2, 0) is 0 Å². The summed E-state index contributed by atoms with van der Waals surface area (Å²) in [6, 6.07) is 11.6. The molecule has 0 spiro atoms. The van der Waals surface area contributed by atoms with Gasteiger partial charge in [-0.3, -0.25) is 0 Å². The monoisotopic (exact) mass is 213 g/mol. The van der Waals surface area contributed by atoms with Crippen LogP contribution in [0, 0.1) is 0 Å². The molecule has 2 heteroatoms. The van der Waals surface area contributed by atoms with Crippen LogP contribution in [0.2, 0.25) is 0 Å². The second-order valence-corrected chi connectivity index (χ2v) is 3.94. The molecule has 82 valence electrons. The number of phenolic OH excluding ortho intramolecular Hbond substituents is 1. The van der Waals surface area contributed by atoms with Crippen molar-refractivity contribution in [3.63, 3.8) is 0 Å². The summed E-state index contributed by atoms with van der Waals surface area (Å²) in [5.41, 5.74) is 6.50. The summed E-state index contributed by atoms with van der Waals surface area (Å²) in [4.78, 5) is 0. The van der Waals surface area contributed by atoms with E-state index < -0.39 is 0 Å². The Morgan fingerprint density at radius 2 is 1.94 bits per heavy atom. The fourth-order valence-electron chi connectivity index (χ4n) is 1.71. The minimum absolute atomic E-state index is 0.0154. The summed E-state index contributed by atoms with van der Waals surface area (Å²) in [7, 11) is 0. The third kappa shape index (κ3) is 2.07. The van der Waals surface area contributed by atoms with Crippen LogP contribution in [-0.4, -0.2) is 11.1 Å². The molecule has 0 aliphatic carbocycles. The summed E-state index contributed by atoms with van der Waals surface area (Å²) in [5.74, 6) is 0.288. The molecule has 1 atom stereocenters. The minimum Gasteiger partial charge on any atom is -0.507 e. The van der Waals surface area contributed by atoms with E-state index in [0.29, 0.717) is 0 Å². The summed E-state index contributed by atoms with van der Waals surface area (Å²) in [5, 5.41) is 12.0. The van der Waals surface area contributed by atoms with Gasteiger partial charge in [0.1, 0.15) is 5.75 Å². The molecule has 0 aliphatic heterocycles. The number of fused-ring (bicyclic) bond motifs is 1. The molecule has 2 aromatic carbocycles. The van der Waals surface area contributed by atoms with Crippen molar-refractivity contribution in [1.82, 2.24) is 0 Å². The van der Waals surface area contributed by atoms with Crippen molar-refractivity contribution < 1.29 is 5.11 Å². The highest BCUT2D eigenvalue weighted by Crippen LogP contribution is 2.28. The predicted molar refractivity (Wildman–Crippen MR) is 68.3 cm³/mol. The molecule has 1 unspecified atom stereocenters. The molecule has 0 fully saturated rings. The second-order valence-electron chi connectivity index (χ2n) is 3.94. The Labute approximate surface area is 95.0 Å². The van der Waals surface area contributed by atoms with Gasteiger partial charge >= 0.3 is 0 Å². The van der Waals surface area contributed by atoms with Gasteiger partial charge in [0, 0.05) is 11.6 Å². The third-order valence-corrected chi connectivity index (χ3v) is 2.51. The van der Waals surface area contributed by atoms with Gasteiger partial charge in [-0.15, -0.1) is 0 Å². The molecule has 16 heavy (non-hydrogen) atoms. The zero-order valence-electron chi connectivity index (χ0n) is 9.22. The average Bonchev–Trinajstić information content (AvgIpc) is 2.27. The fraction of sp³-hybridized carbons (Fsp3) is 0.143. The van der Waals surface area contributed by atoms with Gasteiger partial charge in [-0.25, -0.2) is 0 Å². The molecule has 0 bridgehead atoms. The predicted octanol–water partition coefficient (Wildman–Crippen LogP) is 2.91. The van der Waals surface area contributed by atoms with Crippen molar-refractivity contribution in [3.05, 3.63) is 48.0 Å². The number of benzene rings is 2. The number of rotatable bonds is 2. The van der Waals surface area contributed by atoms with E-state index in [4.69, 9.17) is 5.73 Å². The highest BCUT2D eigenvalue weighted by Gasteiger charge is 2.03. The molecule has 0 saturated carbocycles. The summed E-state index contributed by atoms with van der Waals surface area (Å²) in [6.07, 6.45) is 3.75. The Morgan fingerprint density at radius 1 is 1.19 bits per heavy atom. The minimum atomic E-state index is -0.0154. The van der Waals surface area contributed by atoms with Gasteiger partial charge in [0.15, 0.2) is 0 Å². The number of hydrogen-bond donors (Lipinski definition) is 2. The highest BCUT2D eigenvalue weighted by atomic mass is 16.3. The number of hydrogen-bond acceptors (Lipinski definition) is 2. The van der Waals surface area contributed by atoms with Gasteiger partial charge in [-0.2, -0.15) is 0 Å². The van der Waals surface area contributed by atoms with Crippen molar-refractivity contribution in [2.45, 2.75) is 13.0 Å². The lowest BCUT2D eigenvalue weighted by Crippen LogP contribution is -2.09. The zero-order chi connectivity index (χ0) is 11.5. The van der Waals surface area contributed by atoms with Crippen LogP contribution in [0.15, 0.2) is 42.5 Å². The van der Waals surface area contributed by atoms with Gasteiger partial charge in [-0.05, 0) is 23.8 Å². The van der Waals surface area contributed by atoms with Gasteiger partial charge in [0.2, 0.25) is 0 Å². The lowest BCUT2D eigenvalue weighted by molar-refractivity contribution is 0.475. The Balaban J connectivity index is 2.61. The Hall–Kier alpha value is -1.80. The van der Waals surface area contributed by atoms with Crippen molar-refractivity contribution in [3.8, 4) is 5.75 Å². The first-order valence-corrected chi connectivity index (χ1v) is 5.33. The number of aromatic hydroxyl groups is 1. The lowest BCUT2D eigenvalue weighted by Gasteiger charge is -2.05. The summed E-state index contributed by atoms with van der Waals surface area (Å²) in [6.45, 7) is 1.90. The van der Waals surface area contributed by atoms with E-state index in [1.165, 1.54) is 0 Å². The third-order valence-electron chi connectivity index (χ3n) is 2.51. The Morgan fingerprint density at radius 3 is 2.69 bits per heavy atom. The number of phenols is 1. The van der Waals surface area contributed by atoms with Gasteiger partial charge in [-0.1, -0.05) is 42.5 Å². The smallest absolute Gasteiger partial charge is 0.123 e. The molecule has 0 saturated heterocycles. The molecular weight excluding hydrogens is 198 g/mol. The molecule has 2 aromatic rings. The first-order valence-electron chi connectivity index (χ1n) is 5.33. The van der Waals surface area contributed by atoms with E-state index in [2.05, 4.69) is 0 Å². The van der Waals surface area contributed by atoms with Crippen LogP contribution < -0.4 is 5.73 Å². The van der Waals surface area contributed by atoms with Crippen molar-refractivity contribution in [2.24, 2.45) is 5.73 Å². The standard InChI is InChI=1S/C14H15NO/c1-10(15)6-8-13-12-5-3-2-4-11(12)7-9-14(13)16/h2-10,16H,15H2,1H3/b8-6+. The van der Waals surface area contributed by atoms with E-state index >= 15 is 0 Å². The van der Waals surface area contributed by atoms with Crippen LogP contribution in [0.5, 0.6) is 5.75 Å². The first kappa shape index (κ1) is 10.7. The summed E-state index contributed by atoms with van der Waals surface area (Å²) >= 11 is 0. The van der Waals surface area contributed by atoms with E-state index in [1.54, 1.807) is 6.07 Å². The molecule has 0 aliphatic rings.